The molecule has 0 aliphatic rings. The minimum atomic E-state index is -0.363. The van der Waals surface area contributed by atoms with Crippen LogP contribution in [0.2, 0.25) is 0 Å². The summed E-state index contributed by atoms with van der Waals surface area (Å²) in [7, 11) is 1.86. The van der Waals surface area contributed by atoms with Crippen molar-refractivity contribution in [3.8, 4) is 0 Å². The Morgan fingerprint density at radius 2 is 2.00 bits per heavy atom. The van der Waals surface area contributed by atoms with E-state index >= 15 is 0 Å². The monoisotopic (exact) mass is 133 g/mol. The molecule has 2 N–H and O–H groups in total. The average molecular weight is 133 g/mol. The molecule has 0 saturated heterocycles. The van der Waals surface area contributed by atoms with E-state index < -0.39 is 0 Å². The Labute approximate surface area is 60.4 Å². The fraction of sp³-hybridized carbons (Fsp3) is 0. The van der Waals surface area contributed by atoms with Crippen LogP contribution in [0.15, 0.2) is 24.3 Å². The highest BCUT2D eigenvalue weighted by molar-refractivity contribution is 6.36. The molecule has 3 heteroatoms. The Hall–Kier alpha value is -1.25. The van der Waals surface area contributed by atoms with Crippen molar-refractivity contribution < 1.29 is 4.79 Å². The van der Waals surface area contributed by atoms with Crippen LogP contribution in [0.5, 0.6) is 0 Å². The third-order valence-corrected chi connectivity index (χ3v) is 1.41. The molecule has 0 atom stereocenters. The van der Waals surface area contributed by atoms with E-state index in [1.165, 1.54) is 0 Å². The van der Waals surface area contributed by atoms with Gasteiger partial charge >= 0.3 is 0 Å². The maximum Gasteiger partial charge on any atom is 0.248 e. The Kier molecular flexibility index (Phi) is 1.76. The summed E-state index contributed by atoms with van der Waals surface area (Å²) < 4.78 is 0. The highest BCUT2D eigenvalue weighted by Crippen LogP contribution is 1.91. The van der Waals surface area contributed by atoms with Gasteiger partial charge in [0.05, 0.1) is 0 Å². The van der Waals surface area contributed by atoms with Gasteiger partial charge in [-0.25, -0.2) is 0 Å². The predicted molar refractivity (Wildman–Crippen MR) is 43.1 cm³/mol. The Bertz CT molecular complexity index is 260. The van der Waals surface area contributed by atoms with E-state index in [0.717, 1.165) is 5.46 Å². The first kappa shape index (κ1) is 6.87. The largest absolute Gasteiger partial charge is 0.366 e. The van der Waals surface area contributed by atoms with Gasteiger partial charge in [0, 0.05) is 5.56 Å². The molecule has 0 saturated carbocycles. The molecular formula is C7H8BNO. The van der Waals surface area contributed by atoms with Crippen LogP contribution < -0.4 is 11.2 Å². The summed E-state index contributed by atoms with van der Waals surface area (Å²) in [6.07, 6.45) is 0. The number of benzene rings is 1. The first-order chi connectivity index (χ1) is 4.72. The summed E-state index contributed by atoms with van der Waals surface area (Å²) in [6, 6.07) is 7.26. The normalized spacial score (nSPS) is 9.20. The van der Waals surface area contributed by atoms with Crippen LogP contribution in [0, 0.1) is 0 Å². The van der Waals surface area contributed by atoms with Gasteiger partial charge in [-0.15, -0.1) is 0 Å². The summed E-state index contributed by atoms with van der Waals surface area (Å²) in [5.41, 5.74) is 6.60. The number of nitrogens with two attached hydrogens (primary N) is 1. The second kappa shape index (κ2) is 2.56. The number of carbonyl (C=O) groups is 1. The van der Waals surface area contributed by atoms with Crippen molar-refractivity contribution >= 4 is 19.2 Å². The lowest BCUT2D eigenvalue weighted by atomic mass is 9.90. The van der Waals surface area contributed by atoms with Crippen LogP contribution in [0.1, 0.15) is 10.4 Å². The van der Waals surface area contributed by atoms with Gasteiger partial charge in [-0.2, -0.15) is 0 Å². The quantitative estimate of drug-likeness (QED) is 0.492. The van der Waals surface area contributed by atoms with Gasteiger partial charge in [0.1, 0.15) is 7.85 Å². The average Bonchev–Trinajstić information content (AvgIpc) is 1.88. The van der Waals surface area contributed by atoms with E-state index in [2.05, 4.69) is 0 Å². The summed E-state index contributed by atoms with van der Waals surface area (Å²) in [5.74, 6) is -0.363. The van der Waals surface area contributed by atoms with Gasteiger partial charge in [0.2, 0.25) is 5.91 Å². The third-order valence-electron chi connectivity index (χ3n) is 1.41. The zero-order chi connectivity index (χ0) is 7.56. The van der Waals surface area contributed by atoms with Gasteiger partial charge in [0.15, 0.2) is 0 Å². The lowest BCUT2D eigenvalue weighted by molar-refractivity contribution is 0.100. The molecule has 50 valence electrons. The molecule has 1 amide bonds. The molecule has 2 nitrogen and oxygen atoms in total. The van der Waals surface area contributed by atoms with Crippen LogP contribution in [0.3, 0.4) is 0 Å². The van der Waals surface area contributed by atoms with Crippen molar-refractivity contribution in [3.05, 3.63) is 29.8 Å². The van der Waals surface area contributed by atoms with E-state index in [9.17, 15) is 4.79 Å². The zero-order valence-electron chi connectivity index (χ0n) is 5.79. The third kappa shape index (κ3) is 1.18. The van der Waals surface area contributed by atoms with Crippen molar-refractivity contribution in [2.24, 2.45) is 5.73 Å². The van der Waals surface area contributed by atoms with Crippen LogP contribution in [0.25, 0.3) is 0 Å². The summed E-state index contributed by atoms with van der Waals surface area (Å²) >= 11 is 0. The maximum atomic E-state index is 10.6. The van der Waals surface area contributed by atoms with Gasteiger partial charge in [-0.1, -0.05) is 29.7 Å². The summed E-state index contributed by atoms with van der Waals surface area (Å²) in [4.78, 5) is 10.6. The molecule has 0 fully saturated rings. The molecule has 0 bridgehead atoms. The molecule has 0 heterocycles. The van der Waals surface area contributed by atoms with Gasteiger partial charge in [0.25, 0.3) is 0 Å². The second-order valence-corrected chi connectivity index (χ2v) is 2.18. The number of hydrogen-bond acceptors (Lipinski definition) is 1. The first-order valence-electron chi connectivity index (χ1n) is 3.07. The lowest BCUT2D eigenvalue weighted by Gasteiger charge is -1.97. The van der Waals surface area contributed by atoms with Gasteiger partial charge in [-0.05, 0) is 0 Å². The van der Waals surface area contributed by atoms with Gasteiger partial charge in [-0.3, -0.25) is 4.79 Å². The SMILES string of the molecule is Bc1ccccc1C(N)=O. The van der Waals surface area contributed by atoms with E-state index in [0.29, 0.717) is 5.56 Å². The Balaban J connectivity index is 3.15. The molecule has 0 aliphatic carbocycles. The number of amides is 1. The van der Waals surface area contributed by atoms with Crippen molar-refractivity contribution in [2.75, 3.05) is 0 Å². The van der Waals surface area contributed by atoms with Crippen molar-refractivity contribution in [1.82, 2.24) is 0 Å². The van der Waals surface area contributed by atoms with Crippen LogP contribution >= 0.6 is 0 Å². The van der Waals surface area contributed by atoms with E-state index in [4.69, 9.17) is 5.73 Å². The molecular weight excluding hydrogens is 125 g/mol. The Morgan fingerprint density at radius 3 is 2.40 bits per heavy atom. The number of primary amides is 1. The standard InChI is InChI=1S/C7H8BNO/c8-6-4-2-1-3-5(6)7(9)10/h1-4H,8H2,(H2,9,10). The predicted octanol–water partition coefficient (Wildman–Crippen LogP) is -0.956. The van der Waals surface area contributed by atoms with Crippen LogP contribution in [-0.4, -0.2) is 13.8 Å². The van der Waals surface area contributed by atoms with Gasteiger partial charge < -0.3 is 5.73 Å². The highest BCUT2D eigenvalue weighted by Gasteiger charge is 2.00. The molecule has 0 radical (unpaired) electrons. The molecule has 0 aromatic heterocycles. The van der Waals surface area contributed by atoms with Crippen molar-refractivity contribution in [3.63, 3.8) is 0 Å². The lowest BCUT2D eigenvalue weighted by Crippen LogP contribution is -2.21. The van der Waals surface area contributed by atoms with E-state index in [-0.39, 0.29) is 5.91 Å². The molecule has 0 aliphatic heterocycles. The summed E-state index contributed by atoms with van der Waals surface area (Å²) in [6.45, 7) is 0. The molecule has 10 heavy (non-hydrogen) atoms. The topological polar surface area (TPSA) is 43.1 Å². The summed E-state index contributed by atoms with van der Waals surface area (Å²) in [5, 5.41) is 0. The van der Waals surface area contributed by atoms with Crippen LogP contribution in [-0.2, 0) is 0 Å². The molecule has 0 unspecified atom stereocenters. The maximum absolute atomic E-state index is 10.6. The molecule has 1 aromatic carbocycles. The molecule has 1 aromatic rings. The number of carbonyl (C=O) groups excluding carboxylic acids is 1. The number of hydrogen-bond donors (Lipinski definition) is 1. The highest BCUT2D eigenvalue weighted by atomic mass is 16.1. The minimum Gasteiger partial charge on any atom is -0.366 e. The first-order valence-corrected chi connectivity index (χ1v) is 3.07. The number of rotatable bonds is 1. The van der Waals surface area contributed by atoms with Crippen molar-refractivity contribution in [1.29, 1.82) is 0 Å². The fourth-order valence-electron chi connectivity index (χ4n) is 0.849. The van der Waals surface area contributed by atoms with Crippen LogP contribution in [0.4, 0.5) is 0 Å². The fourth-order valence-corrected chi connectivity index (χ4v) is 0.849. The molecule has 0 spiro atoms. The Morgan fingerprint density at radius 1 is 1.40 bits per heavy atom. The zero-order valence-corrected chi connectivity index (χ0v) is 5.79. The van der Waals surface area contributed by atoms with E-state index in [1.54, 1.807) is 12.1 Å². The smallest absolute Gasteiger partial charge is 0.248 e. The molecule has 1 rings (SSSR count). The minimum absolute atomic E-state index is 0.363. The second-order valence-electron chi connectivity index (χ2n) is 2.18. The van der Waals surface area contributed by atoms with Crippen molar-refractivity contribution in [2.45, 2.75) is 0 Å². The van der Waals surface area contributed by atoms with E-state index in [1.807, 2.05) is 20.0 Å².